The van der Waals surface area contributed by atoms with Crippen LogP contribution in [0.5, 0.6) is 0 Å². The van der Waals surface area contributed by atoms with E-state index in [1.54, 1.807) is 6.07 Å². The van der Waals surface area contributed by atoms with Crippen molar-refractivity contribution >= 4 is 32.9 Å². The summed E-state index contributed by atoms with van der Waals surface area (Å²) in [4.78, 5) is 1.75. The predicted octanol–water partition coefficient (Wildman–Crippen LogP) is -2.43. The fourth-order valence-electron chi connectivity index (χ4n) is 4.05. The average Bonchev–Trinajstić information content (AvgIpc) is 3.25. The van der Waals surface area contributed by atoms with Crippen molar-refractivity contribution in [1.29, 1.82) is 0 Å². The number of benzene rings is 1. The first-order valence-electron chi connectivity index (χ1n) is 10.1. The van der Waals surface area contributed by atoms with Gasteiger partial charge in [-0.25, -0.2) is 24.5 Å². The number of nitrogens with two attached hydrogens (primary N) is 4. The molecular weight excluding hydrogens is 442 g/mol. The highest BCUT2D eigenvalue weighted by Gasteiger charge is 2.35. The summed E-state index contributed by atoms with van der Waals surface area (Å²) in [6, 6.07) is 2.80. The molecule has 174 valence electrons. The fourth-order valence-corrected chi connectivity index (χ4v) is 6.66. The van der Waals surface area contributed by atoms with Gasteiger partial charge < -0.3 is 26.2 Å². The molecule has 0 aromatic heterocycles. The number of hydrazone groups is 1. The molecule has 0 bridgehead atoms. The van der Waals surface area contributed by atoms with Gasteiger partial charge in [-0.1, -0.05) is 0 Å². The summed E-state index contributed by atoms with van der Waals surface area (Å²) in [7, 11) is -4.01. The summed E-state index contributed by atoms with van der Waals surface area (Å²) in [5.74, 6) is 5.62. The van der Waals surface area contributed by atoms with E-state index in [9.17, 15) is 13.0 Å². The minimum Gasteiger partial charge on any atom is -0.593 e. The second-order valence-corrected chi connectivity index (χ2v) is 10.4. The minimum absolute atomic E-state index is 0.103. The molecule has 0 radical (unpaired) electrons. The molecule has 2 aliphatic heterocycles. The second kappa shape index (κ2) is 10.3. The van der Waals surface area contributed by atoms with Gasteiger partial charge in [0.1, 0.15) is 10.5 Å². The monoisotopic (exact) mass is 473 g/mol. The SMILES string of the molecule is NCC1CCN(c2ccc(S(=O)(=O)N[C@@H]3CCNC3)c([S+](N)[O-])c2/C(N)=N/NN)CC1. The van der Waals surface area contributed by atoms with Gasteiger partial charge in [-0.3, -0.25) is 0 Å². The maximum Gasteiger partial charge on any atom is 0.245 e. The van der Waals surface area contributed by atoms with Crippen LogP contribution in [0.4, 0.5) is 5.69 Å². The molecule has 2 fully saturated rings. The number of nitrogens with zero attached hydrogens (tertiary/aromatic N) is 2. The Bertz CT molecular complexity index is 896. The first kappa shape index (κ1) is 24.0. The Morgan fingerprint density at radius 3 is 2.58 bits per heavy atom. The van der Waals surface area contributed by atoms with Crippen molar-refractivity contribution in [3.8, 4) is 0 Å². The highest BCUT2D eigenvalue weighted by Crippen LogP contribution is 2.34. The Labute approximate surface area is 185 Å². The number of anilines is 1. The van der Waals surface area contributed by atoms with E-state index < -0.39 is 21.4 Å². The lowest BCUT2D eigenvalue weighted by Crippen LogP contribution is -2.40. The van der Waals surface area contributed by atoms with Crippen molar-refractivity contribution in [1.82, 2.24) is 15.6 Å². The lowest BCUT2D eigenvalue weighted by molar-refractivity contribution is 0.414. The van der Waals surface area contributed by atoms with E-state index in [-0.39, 0.29) is 27.2 Å². The molecule has 0 amide bonds. The van der Waals surface area contributed by atoms with Gasteiger partial charge in [-0.05, 0) is 50.4 Å². The van der Waals surface area contributed by atoms with Crippen molar-refractivity contribution < 1.29 is 13.0 Å². The van der Waals surface area contributed by atoms with Crippen LogP contribution < -0.4 is 42.9 Å². The normalized spacial score (nSPS) is 22.0. The number of nitrogens with one attached hydrogen (secondary N) is 3. The molecule has 11 N–H and O–H groups in total. The van der Waals surface area contributed by atoms with Crippen molar-refractivity contribution in [2.75, 3.05) is 37.6 Å². The van der Waals surface area contributed by atoms with Gasteiger partial charge in [-0.15, -0.1) is 10.2 Å². The van der Waals surface area contributed by atoms with Crippen LogP contribution in [-0.4, -0.2) is 57.6 Å². The minimum atomic E-state index is -4.01. The van der Waals surface area contributed by atoms with Crippen molar-refractivity contribution in [2.45, 2.75) is 35.1 Å². The Morgan fingerprint density at radius 2 is 2.03 bits per heavy atom. The first-order chi connectivity index (χ1) is 14.8. The quantitative estimate of drug-likeness (QED) is 0.0696. The van der Waals surface area contributed by atoms with Gasteiger partial charge in [0.05, 0.1) is 17.0 Å². The molecule has 2 saturated heterocycles. The molecule has 12 nitrogen and oxygen atoms in total. The third-order valence-corrected chi connectivity index (χ3v) is 8.22. The zero-order valence-electron chi connectivity index (χ0n) is 17.2. The van der Waals surface area contributed by atoms with Crippen LogP contribution in [0.2, 0.25) is 0 Å². The number of piperidine rings is 1. The third kappa shape index (κ3) is 5.40. The van der Waals surface area contributed by atoms with Crippen molar-refractivity contribution in [2.24, 2.45) is 33.5 Å². The molecule has 14 heteroatoms. The lowest BCUT2D eigenvalue weighted by Gasteiger charge is -2.34. The van der Waals surface area contributed by atoms with Crippen molar-refractivity contribution in [3.63, 3.8) is 0 Å². The molecule has 31 heavy (non-hydrogen) atoms. The number of hydrazine groups is 1. The number of hydrogen-bond donors (Lipinski definition) is 7. The average molecular weight is 474 g/mol. The van der Waals surface area contributed by atoms with Crippen LogP contribution >= 0.6 is 0 Å². The molecule has 2 heterocycles. The van der Waals surface area contributed by atoms with E-state index in [1.807, 2.05) is 4.90 Å². The van der Waals surface area contributed by atoms with E-state index in [4.69, 9.17) is 22.4 Å². The van der Waals surface area contributed by atoms with E-state index in [0.717, 1.165) is 12.8 Å². The van der Waals surface area contributed by atoms with Crippen LogP contribution in [0.25, 0.3) is 0 Å². The van der Waals surface area contributed by atoms with E-state index in [2.05, 4.69) is 20.7 Å². The fraction of sp³-hybridized carbons (Fsp3) is 0.588. The molecule has 0 spiro atoms. The Morgan fingerprint density at radius 1 is 1.32 bits per heavy atom. The van der Waals surface area contributed by atoms with Gasteiger partial charge in [0, 0.05) is 25.7 Å². The topological polar surface area (TPSA) is 213 Å². The van der Waals surface area contributed by atoms with E-state index >= 15 is 0 Å². The lowest BCUT2D eigenvalue weighted by atomic mass is 9.96. The smallest absolute Gasteiger partial charge is 0.245 e. The molecule has 1 aromatic rings. The molecule has 1 unspecified atom stereocenters. The molecule has 3 rings (SSSR count). The summed E-state index contributed by atoms with van der Waals surface area (Å²) in [6.07, 6.45) is 2.40. The van der Waals surface area contributed by atoms with Crippen LogP contribution in [0.3, 0.4) is 0 Å². The van der Waals surface area contributed by atoms with Gasteiger partial charge in [0.15, 0.2) is 5.84 Å². The van der Waals surface area contributed by atoms with Gasteiger partial charge in [0.25, 0.3) is 0 Å². The maximum absolute atomic E-state index is 13.1. The van der Waals surface area contributed by atoms with E-state index in [0.29, 0.717) is 50.7 Å². The summed E-state index contributed by atoms with van der Waals surface area (Å²) in [6.45, 7) is 3.22. The van der Waals surface area contributed by atoms with Gasteiger partial charge >= 0.3 is 0 Å². The summed E-state index contributed by atoms with van der Waals surface area (Å²) < 4.78 is 41.5. The zero-order chi connectivity index (χ0) is 22.6. The summed E-state index contributed by atoms with van der Waals surface area (Å²) in [5, 5.41) is 12.7. The Hall–Kier alpha value is -1.65. The number of hydrogen-bond acceptors (Lipinski definition) is 10. The van der Waals surface area contributed by atoms with Gasteiger partial charge in [-0.2, -0.15) is 0 Å². The molecule has 0 aliphatic carbocycles. The third-order valence-electron chi connectivity index (χ3n) is 5.70. The standard InChI is InChI=1S/C17H31N9O3S2/c18-9-11-4-7-26(8-5-11)13-1-2-14(31(28,29)24-12-3-6-22-10-12)16(30(21)27)15(13)17(19)23-25-20/h1-2,11-12,22,24-25H,3-10,18,20-21H2,(H2,19,23)/t12-,30?/m1/s1. The highest BCUT2D eigenvalue weighted by atomic mass is 32.2. The molecule has 0 saturated carbocycles. The highest BCUT2D eigenvalue weighted by molar-refractivity contribution is 7.92. The second-order valence-electron chi connectivity index (χ2n) is 7.69. The largest absolute Gasteiger partial charge is 0.593 e. The van der Waals surface area contributed by atoms with Crippen molar-refractivity contribution in [3.05, 3.63) is 17.7 Å². The molecule has 2 atom stereocenters. The number of sulfonamides is 1. The zero-order valence-corrected chi connectivity index (χ0v) is 18.8. The van der Waals surface area contributed by atoms with E-state index in [1.165, 1.54) is 6.07 Å². The number of amidine groups is 1. The molecule has 1 aromatic carbocycles. The maximum atomic E-state index is 13.1. The van der Waals surface area contributed by atoms with Crippen LogP contribution in [0.15, 0.2) is 27.0 Å². The molecular formula is C17H31N9O3S2. The van der Waals surface area contributed by atoms with Crippen LogP contribution in [-0.2, 0) is 21.4 Å². The Balaban J connectivity index is 2.09. The summed E-state index contributed by atoms with van der Waals surface area (Å²) >= 11 is -2.16. The summed E-state index contributed by atoms with van der Waals surface area (Å²) in [5.41, 5.74) is 14.8. The predicted molar refractivity (Wildman–Crippen MR) is 121 cm³/mol. The molecule has 2 aliphatic rings. The first-order valence-corrected chi connectivity index (χ1v) is 12.8. The number of rotatable bonds is 8. The Kier molecular flexibility index (Phi) is 7.98. The van der Waals surface area contributed by atoms with Gasteiger partial charge in [0.2, 0.25) is 14.9 Å². The van der Waals surface area contributed by atoms with Crippen LogP contribution in [0, 0.1) is 5.92 Å². The van der Waals surface area contributed by atoms with Crippen LogP contribution in [0.1, 0.15) is 24.8 Å².